The standard InChI is InChI=1S/C20H24N2O5S2/c1-26-17-12-15(13-18(14-17)27-2)5-6-19(23)22-9-7-16(8-10-22)21-29(24,25)20-4-3-11-28-20/h3-6,11-14,16,21H,7-10H2,1-2H3. The first-order valence-electron chi connectivity index (χ1n) is 9.17. The van der Waals surface area contributed by atoms with Crippen molar-refractivity contribution in [2.45, 2.75) is 23.1 Å². The molecule has 1 amide bonds. The highest BCUT2D eigenvalue weighted by atomic mass is 32.2. The molecule has 29 heavy (non-hydrogen) atoms. The van der Waals surface area contributed by atoms with Crippen LogP contribution in [0, 0.1) is 0 Å². The molecule has 156 valence electrons. The highest BCUT2D eigenvalue weighted by molar-refractivity contribution is 7.91. The summed E-state index contributed by atoms with van der Waals surface area (Å²) in [4.78, 5) is 14.2. The summed E-state index contributed by atoms with van der Waals surface area (Å²) >= 11 is 1.19. The number of nitrogens with one attached hydrogen (secondary N) is 1. The minimum Gasteiger partial charge on any atom is -0.497 e. The Labute approximate surface area is 175 Å². The summed E-state index contributed by atoms with van der Waals surface area (Å²) < 4.78 is 38.2. The van der Waals surface area contributed by atoms with Gasteiger partial charge in [0.25, 0.3) is 0 Å². The molecule has 0 atom stereocenters. The maximum atomic E-state index is 12.5. The highest BCUT2D eigenvalue weighted by Crippen LogP contribution is 2.23. The van der Waals surface area contributed by atoms with Gasteiger partial charge < -0.3 is 14.4 Å². The number of benzene rings is 1. The van der Waals surface area contributed by atoms with Crippen LogP contribution in [-0.2, 0) is 14.8 Å². The number of carbonyl (C=O) groups is 1. The molecule has 1 fully saturated rings. The van der Waals surface area contributed by atoms with Gasteiger partial charge in [0.1, 0.15) is 15.7 Å². The van der Waals surface area contributed by atoms with Crippen LogP contribution in [-0.4, -0.2) is 52.6 Å². The number of thiophene rings is 1. The fraction of sp³-hybridized carbons (Fsp3) is 0.350. The summed E-state index contributed by atoms with van der Waals surface area (Å²) in [6.45, 7) is 1.00. The molecule has 0 aliphatic carbocycles. The minimum absolute atomic E-state index is 0.105. The second-order valence-corrected chi connectivity index (χ2v) is 9.52. The Bertz CT molecular complexity index is 941. The molecular formula is C20H24N2O5S2. The molecule has 0 spiro atoms. The number of carbonyl (C=O) groups excluding carboxylic acids is 1. The number of hydrogen-bond acceptors (Lipinski definition) is 6. The lowest BCUT2D eigenvalue weighted by molar-refractivity contribution is -0.126. The molecule has 0 radical (unpaired) electrons. The molecule has 1 aromatic heterocycles. The number of methoxy groups -OCH3 is 2. The number of nitrogens with zero attached hydrogens (tertiary/aromatic N) is 1. The first kappa shape index (κ1) is 21.4. The third-order valence-electron chi connectivity index (χ3n) is 4.68. The molecule has 1 aromatic carbocycles. The van der Waals surface area contributed by atoms with Crippen LogP contribution in [0.2, 0.25) is 0 Å². The van der Waals surface area contributed by atoms with Crippen LogP contribution in [0.25, 0.3) is 6.08 Å². The first-order valence-corrected chi connectivity index (χ1v) is 11.5. The number of amides is 1. The van der Waals surface area contributed by atoms with Crippen molar-refractivity contribution >= 4 is 33.3 Å². The molecule has 3 rings (SSSR count). The van der Waals surface area contributed by atoms with Gasteiger partial charge in [-0.2, -0.15) is 0 Å². The zero-order valence-corrected chi connectivity index (χ0v) is 18.0. The molecule has 1 aliphatic heterocycles. The van der Waals surface area contributed by atoms with Crippen LogP contribution in [0.4, 0.5) is 0 Å². The minimum atomic E-state index is -3.49. The van der Waals surface area contributed by atoms with Crippen LogP contribution < -0.4 is 14.2 Å². The number of sulfonamides is 1. The number of rotatable bonds is 7. The fourth-order valence-corrected chi connectivity index (χ4v) is 5.42. The SMILES string of the molecule is COc1cc(C=CC(=O)N2CCC(NS(=O)(=O)c3cccs3)CC2)cc(OC)c1. The van der Waals surface area contributed by atoms with Crippen molar-refractivity contribution in [3.05, 3.63) is 47.4 Å². The van der Waals surface area contributed by atoms with E-state index in [1.807, 2.05) is 12.1 Å². The summed E-state index contributed by atoms with van der Waals surface area (Å²) in [7, 11) is -0.339. The second kappa shape index (κ2) is 9.43. The first-order chi connectivity index (χ1) is 13.9. The molecule has 1 saturated heterocycles. The molecule has 0 bridgehead atoms. The Balaban J connectivity index is 1.56. The summed E-state index contributed by atoms with van der Waals surface area (Å²) in [6.07, 6.45) is 4.40. The van der Waals surface area contributed by atoms with Crippen LogP contribution in [0.3, 0.4) is 0 Å². The van der Waals surface area contributed by atoms with Gasteiger partial charge in [0.2, 0.25) is 15.9 Å². The molecular weight excluding hydrogens is 412 g/mol. The number of likely N-dealkylation sites (tertiary alicyclic amines) is 1. The number of hydrogen-bond donors (Lipinski definition) is 1. The highest BCUT2D eigenvalue weighted by Gasteiger charge is 2.26. The second-order valence-electron chi connectivity index (χ2n) is 6.63. The molecule has 0 unspecified atom stereocenters. The van der Waals surface area contributed by atoms with E-state index in [0.717, 1.165) is 5.56 Å². The van der Waals surface area contributed by atoms with Crippen molar-refractivity contribution in [1.29, 1.82) is 0 Å². The van der Waals surface area contributed by atoms with E-state index in [0.29, 0.717) is 41.6 Å². The normalized spacial score (nSPS) is 15.6. The van der Waals surface area contributed by atoms with Crippen molar-refractivity contribution in [3.63, 3.8) is 0 Å². The Morgan fingerprint density at radius 1 is 1.17 bits per heavy atom. The van der Waals surface area contributed by atoms with Crippen molar-refractivity contribution in [3.8, 4) is 11.5 Å². The van der Waals surface area contributed by atoms with Crippen molar-refractivity contribution < 1.29 is 22.7 Å². The van der Waals surface area contributed by atoms with Gasteiger partial charge in [-0.15, -0.1) is 11.3 Å². The van der Waals surface area contributed by atoms with E-state index in [4.69, 9.17) is 9.47 Å². The quantitative estimate of drug-likeness (QED) is 0.675. The molecule has 0 saturated carbocycles. The van der Waals surface area contributed by atoms with E-state index >= 15 is 0 Å². The van der Waals surface area contributed by atoms with Gasteiger partial charge in [0, 0.05) is 31.3 Å². The van der Waals surface area contributed by atoms with Gasteiger partial charge >= 0.3 is 0 Å². The van der Waals surface area contributed by atoms with Gasteiger partial charge in [0.05, 0.1) is 14.2 Å². The summed E-state index contributed by atoms with van der Waals surface area (Å²) in [5, 5.41) is 1.74. The Morgan fingerprint density at radius 3 is 2.38 bits per heavy atom. The van der Waals surface area contributed by atoms with Crippen molar-refractivity contribution in [2.75, 3.05) is 27.3 Å². The third kappa shape index (κ3) is 5.59. The van der Waals surface area contributed by atoms with Gasteiger partial charge in [-0.3, -0.25) is 4.79 Å². The molecule has 1 aliphatic rings. The average molecular weight is 437 g/mol. The third-order valence-corrected chi connectivity index (χ3v) is 7.60. The zero-order chi connectivity index (χ0) is 20.9. The number of piperidine rings is 1. The van der Waals surface area contributed by atoms with Gasteiger partial charge in [0.15, 0.2) is 0 Å². The topological polar surface area (TPSA) is 84.9 Å². The van der Waals surface area contributed by atoms with E-state index in [2.05, 4.69) is 4.72 Å². The Kier molecular flexibility index (Phi) is 6.94. The number of ether oxygens (including phenoxy) is 2. The van der Waals surface area contributed by atoms with Crippen LogP contribution in [0.5, 0.6) is 11.5 Å². The largest absolute Gasteiger partial charge is 0.497 e. The van der Waals surface area contributed by atoms with E-state index in [9.17, 15) is 13.2 Å². The molecule has 1 N–H and O–H groups in total. The lowest BCUT2D eigenvalue weighted by Gasteiger charge is -2.31. The smallest absolute Gasteiger partial charge is 0.250 e. The maximum Gasteiger partial charge on any atom is 0.250 e. The predicted octanol–water partition coefficient (Wildman–Crippen LogP) is 2.75. The van der Waals surface area contributed by atoms with E-state index < -0.39 is 10.0 Å². The van der Waals surface area contributed by atoms with Gasteiger partial charge in [-0.25, -0.2) is 13.1 Å². The monoisotopic (exact) mass is 436 g/mol. The van der Waals surface area contributed by atoms with E-state index in [-0.39, 0.29) is 11.9 Å². The van der Waals surface area contributed by atoms with Crippen LogP contribution in [0.1, 0.15) is 18.4 Å². The fourth-order valence-electron chi connectivity index (χ4n) is 3.11. The summed E-state index contributed by atoms with van der Waals surface area (Å²) in [5.41, 5.74) is 0.799. The van der Waals surface area contributed by atoms with Crippen molar-refractivity contribution in [1.82, 2.24) is 9.62 Å². The van der Waals surface area contributed by atoms with Crippen LogP contribution in [0.15, 0.2) is 46.0 Å². The molecule has 2 heterocycles. The lowest BCUT2D eigenvalue weighted by Crippen LogP contribution is -2.46. The lowest BCUT2D eigenvalue weighted by atomic mass is 10.1. The summed E-state index contributed by atoms with van der Waals surface area (Å²) in [6, 6.07) is 8.53. The van der Waals surface area contributed by atoms with Gasteiger partial charge in [-0.1, -0.05) is 6.07 Å². The van der Waals surface area contributed by atoms with Crippen molar-refractivity contribution in [2.24, 2.45) is 0 Å². The van der Waals surface area contributed by atoms with Gasteiger partial charge in [-0.05, 0) is 48.1 Å². The molecule has 9 heteroatoms. The predicted molar refractivity (Wildman–Crippen MR) is 113 cm³/mol. The molecule has 2 aromatic rings. The average Bonchev–Trinajstić information content (AvgIpc) is 3.28. The van der Waals surface area contributed by atoms with E-state index in [1.165, 1.54) is 17.4 Å². The van der Waals surface area contributed by atoms with Crippen LogP contribution >= 0.6 is 11.3 Å². The Hall–Kier alpha value is -2.36. The summed E-state index contributed by atoms with van der Waals surface area (Å²) in [5.74, 6) is 1.19. The Morgan fingerprint density at radius 2 is 1.83 bits per heavy atom. The molecule has 7 nitrogen and oxygen atoms in total. The zero-order valence-electron chi connectivity index (χ0n) is 16.3. The maximum absolute atomic E-state index is 12.5. The van der Waals surface area contributed by atoms with E-state index in [1.54, 1.807) is 48.8 Å².